The van der Waals surface area contributed by atoms with E-state index >= 15 is 0 Å². The van der Waals surface area contributed by atoms with Gasteiger partial charge >= 0.3 is 5.97 Å². The molecule has 2 aromatic heterocycles. The summed E-state index contributed by atoms with van der Waals surface area (Å²) in [7, 11) is 2.22. The zero-order valence-electron chi connectivity index (χ0n) is 21.3. The van der Waals surface area contributed by atoms with Gasteiger partial charge in [0, 0.05) is 54.5 Å². The second kappa shape index (κ2) is 10.1. The Balaban J connectivity index is 1.11. The summed E-state index contributed by atoms with van der Waals surface area (Å²) in [4.78, 5) is 35.6. The van der Waals surface area contributed by atoms with Crippen molar-refractivity contribution in [3.8, 4) is 11.3 Å². The van der Waals surface area contributed by atoms with E-state index in [0.717, 1.165) is 30.0 Å². The van der Waals surface area contributed by atoms with E-state index in [4.69, 9.17) is 4.84 Å². The first-order valence-corrected chi connectivity index (χ1v) is 12.7. The van der Waals surface area contributed by atoms with Gasteiger partial charge < -0.3 is 15.1 Å². The van der Waals surface area contributed by atoms with Crippen molar-refractivity contribution in [3.63, 3.8) is 0 Å². The fourth-order valence-electron chi connectivity index (χ4n) is 5.28. The number of aryl methyl sites for hydroxylation is 1. The van der Waals surface area contributed by atoms with Crippen LogP contribution in [0.5, 0.6) is 0 Å². The van der Waals surface area contributed by atoms with Gasteiger partial charge in [0.05, 0.1) is 11.3 Å². The number of nitrogens with zero attached hydrogens (tertiary/aromatic N) is 5. The van der Waals surface area contributed by atoms with Crippen LogP contribution in [0.15, 0.2) is 79.1 Å². The number of carbonyl (C=O) groups excluding carboxylic acids is 1. The first-order valence-electron chi connectivity index (χ1n) is 12.7. The molecule has 2 bridgehead atoms. The van der Waals surface area contributed by atoms with E-state index in [9.17, 15) is 4.79 Å². The van der Waals surface area contributed by atoms with E-state index in [0.29, 0.717) is 29.4 Å². The van der Waals surface area contributed by atoms with Crippen LogP contribution in [-0.4, -0.2) is 58.0 Å². The molecular weight excluding hydrogens is 478 g/mol. The van der Waals surface area contributed by atoms with Crippen LogP contribution in [0.3, 0.4) is 0 Å². The summed E-state index contributed by atoms with van der Waals surface area (Å²) in [5, 5.41) is 3.34. The molecule has 2 unspecified atom stereocenters. The summed E-state index contributed by atoms with van der Waals surface area (Å²) >= 11 is 0. The number of rotatable bonds is 7. The maximum absolute atomic E-state index is 12.4. The summed E-state index contributed by atoms with van der Waals surface area (Å²) < 4.78 is 0. The van der Waals surface area contributed by atoms with Gasteiger partial charge in [0.15, 0.2) is 5.82 Å². The van der Waals surface area contributed by atoms with Crippen LogP contribution >= 0.6 is 0 Å². The van der Waals surface area contributed by atoms with Gasteiger partial charge in [-0.15, -0.1) is 0 Å². The Kier molecular flexibility index (Phi) is 6.35. The van der Waals surface area contributed by atoms with E-state index in [-0.39, 0.29) is 0 Å². The maximum Gasteiger partial charge on any atom is 0.362 e. The number of aromatic nitrogens is 3. The number of carbonyl (C=O) groups is 1. The minimum absolute atomic E-state index is 0.415. The summed E-state index contributed by atoms with van der Waals surface area (Å²) in [6.07, 6.45) is 4.59. The molecule has 2 N–H and O–H groups in total. The van der Waals surface area contributed by atoms with Crippen molar-refractivity contribution in [2.45, 2.75) is 25.4 Å². The quantitative estimate of drug-likeness (QED) is 0.346. The normalized spacial score (nSPS) is 18.4. The molecule has 0 amide bonds. The number of benzene rings is 2. The molecule has 2 aliphatic heterocycles. The van der Waals surface area contributed by atoms with Crippen LogP contribution in [-0.2, 0) is 4.84 Å². The lowest BCUT2D eigenvalue weighted by molar-refractivity contribution is 0.0595. The molecule has 38 heavy (non-hydrogen) atoms. The van der Waals surface area contributed by atoms with Crippen molar-refractivity contribution in [2.24, 2.45) is 0 Å². The van der Waals surface area contributed by atoms with Crippen molar-refractivity contribution in [2.75, 3.05) is 35.8 Å². The third-order valence-corrected chi connectivity index (χ3v) is 7.26. The summed E-state index contributed by atoms with van der Waals surface area (Å²) in [6, 6.07) is 21.9. The molecule has 4 heterocycles. The van der Waals surface area contributed by atoms with Crippen molar-refractivity contribution >= 4 is 29.1 Å². The van der Waals surface area contributed by atoms with Gasteiger partial charge in [-0.25, -0.2) is 25.2 Å². The number of pyridine rings is 1. The molecule has 9 nitrogen and oxygen atoms in total. The topological polar surface area (TPSA) is 95.5 Å². The first kappa shape index (κ1) is 23.9. The number of likely N-dealkylation sites (tertiary alicyclic amines) is 1. The van der Waals surface area contributed by atoms with Crippen molar-refractivity contribution in [1.82, 2.24) is 19.9 Å². The molecule has 192 valence electrons. The Hall–Kier alpha value is -4.50. The van der Waals surface area contributed by atoms with Gasteiger partial charge in [0.1, 0.15) is 0 Å². The number of likely N-dealkylation sites (N-methyl/N-ethyl adjacent to an activating group) is 1. The molecule has 0 spiro atoms. The lowest BCUT2D eigenvalue weighted by Crippen LogP contribution is -2.44. The smallest absolute Gasteiger partial charge is 0.362 e. The fourth-order valence-corrected chi connectivity index (χ4v) is 5.28. The summed E-state index contributed by atoms with van der Waals surface area (Å²) in [5.41, 5.74) is 8.08. The van der Waals surface area contributed by atoms with E-state index in [2.05, 4.69) is 67.7 Å². The average molecular weight is 508 g/mol. The molecule has 2 fully saturated rings. The molecule has 2 aliphatic rings. The molecule has 6 rings (SSSR count). The van der Waals surface area contributed by atoms with E-state index in [1.807, 2.05) is 18.2 Å². The maximum atomic E-state index is 12.4. The van der Waals surface area contributed by atoms with Crippen LogP contribution in [0.4, 0.5) is 23.1 Å². The van der Waals surface area contributed by atoms with Gasteiger partial charge in [-0.05, 0) is 74.5 Å². The number of nitrogens with one attached hydrogen (secondary N) is 2. The standard InChI is InChI=1S/C29H29N7O2/c1-19-15-22(10-11-26(19)36-18-23-16-24(36)17-35(23)2)32-29-31-14-12-25(33-29)20-6-8-21(9-7-20)28(37)38-34-27-5-3-4-13-30-27/h3-15,23-24H,16-18H2,1-2H3,(H,30,34)(H,31,32,33). The Morgan fingerprint density at radius 3 is 2.55 bits per heavy atom. The Morgan fingerprint density at radius 1 is 0.974 bits per heavy atom. The van der Waals surface area contributed by atoms with Gasteiger partial charge in [-0.2, -0.15) is 0 Å². The monoisotopic (exact) mass is 507 g/mol. The first-order chi connectivity index (χ1) is 18.5. The molecule has 2 aromatic carbocycles. The highest BCUT2D eigenvalue weighted by molar-refractivity contribution is 5.90. The molecule has 0 aliphatic carbocycles. The Morgan fingerprint density at radius 2 is 1.84 bits per heavy atom. The van der Waals surface area contributed by atoms with Crippen LogP contribution in [0, 0.1) is 6.92 Å². The van der Waals surface area contributed by atoms with Gasteiger partial charge in [0.25, 0.3) is 0 Å². The number of piperazine rings is 1. The molecule has 4 aromatic rings. The Bertz CT molecular complexity index is 1440. The predicted molar refractivity (Wildman–Crippen MR) is 147 cm³/mol. The molecule has 2 saturated heterocycles. The highest BCUT2D eigenvalue weighted by Gasteiger charge is 2.41. The summed E-state index contributed by atoms with van der Waals surface area (Å²) in [6.45, 7) is 4.39. The molecule has 2 atom stereocenters. The zero-order valence-corrected chi connectivity index (χ0v) is 21.3. The molecule has 0 saturated carbocycles. The number of hydrogen-bond acceptors (Lipinski definition) is 9. The Labute approximate surface area is 221 Å². The van der Waals surface area contributed by atoms with Crippen LogP contribution in [0.2, 0.25) is 0 Å². The van der Waals surface area contributed by atoms with Crippen molar-refractivity contribution < 1.29 is 9.63 Å². The third kappa shape index (κ3) is 4.88. The van der Waals surface area contributed by atoms with Crippen LogP contribution in [0.1, 0.15) is 22.3 Å². The second-order valence-electron chi connectivity index (χ2n) is 9.81. The minimum atomic E-state index is -0.500. The molecule has 9 heteroatoms. The van der Waals surface area contributed by atoms with Gasteiger partial charge in [0.2, 0.25) is 5.95 Å². The second-order valence-corrected chi connectivity index (χ2v) is 9.81. The lowest BCUT2D eigenvalue weighted by Gasteiger charge is -2.34. The van der Waals surface area contributed by atoms with Crippen molar-refractivity contribution in [3.05, 3.63) is 90.3 Å². The zero-order chi connectivity index (χ0) is 26.1. The summed E-state index contributed by atoms with van der Waals surface area (Å²) in [5.74, 6) is 0.471. The van der Waals surface area contributed by atoms with E-state index in [1.54, 1.807) is 42.7 Å². The van der Waals surface area contributed by atoms with E-state index < -0.39 is 5.97 Å². The van der Waals surface area contributed by atoms with Crippen molar-refractivity contribution in [1.29, 1.82) is 0 Å². The van der Waals surface area contributed by atoms with Gasteiger partial charge in [-0.3, -0.25) is 4.90 Å². The van der Waals surface area contributed by atoms with Crippen LogP contribution in [0.25, 0.3) is 11.3 Å². The largest absolute Gasteiger partial charge is 0.365 e. The number of hydrogen-bond donors (Lipinski definition) is 2. The molecular formula is C29H29N7O2. The molecule has 0 radical (unpaired) electrons. The number of anilines is 4. The van der Waals surface area contributed by atoms with Crippen LogP contribution < -0.4 is 15.7 Å². The highest BCUT2D eigenvalue weighted by Crippen LogP contribution is 2.36. The average Bonchev–Trinajstić information content (AvgIpc) is 3.52. The lowest BCUT2D eigenvalue weighted by atomic mass is 10.1. The van der Waals surface area contributed by atoms with E-state index in [1.165, 1.54) is 17.7 Å². The highest BCUT2D eigenvalue weighted by atomic mass is 16.7. The third-order valence-electron chi connectivity index (χ3n) is 7.26. The predicted octanol–water partition coefficient (Wildman–Crippen LogP) is 4.67. The SMILES string of the molecule is Cc1cc(Nc2nccc(-c3ccc(C(=O)ONc4ccccn4)cc3)n2)ccc1N1CC2CC1CN2C. The number of fused-ring (bicyclic) bond motifs is 2. The minimum Gasteiger partial charge on any atom is -0.365 e. The van der Waals surface area contributed by atoms with Gasteiger partial charge in [-0.1, -0.05) is 18.2 Å². The fraction of sp³-hybridized carbons (Fsp3) is 0.241.